The number of ketones is 1. The van der Waals surface area contributed by atoms with Gasteiger partial charge in [0.2, 0.25) is 0 Å². The fraction of sp³-hybridized carbons (Fsp3) is 0.360. The molecule has 0 aromatic heterocycles. The van der Waals surface area contributed by atoms with Gasteiger partial charge in [0.15, 0.2) is 5.78 Å². The van der Waals surface area contributed by atoms with Crippen LogP contribution in [0.2, 0.25) is 0 Å². The summed E-state index contributed by atoms with van der Waals surface area (Å²) in [5.41, 5.74) is 3.69. The number of benzene rings is 2. The molecule has 0 aliphatic carbocycles. The molecule has 0 spiro atoms. The lowest BCUT2D eigenvalue weighted by molar-refractivity contribution is 0.0949. The van der Waals surface area contributed by atoms with Gasteiger partial charge in [0.25, 0.3) is 5.91 Å². The van der Waals surface area contributed by atoms with Crippen molar-refractivity contribution in [2.45, 2.75) is 39.7 Å². The molecule has 3 rings (SSSR count). The van der Waals surface area contributed by atoms with Crippen LogP contribution in [0.3, 0.4) is 0 Å². The van der Waals surface area contributed by atoms with Gasteiger partial charge >= 0.3 is 0 Å². The second kappa shape index (κ2) is 8.74. The van der Waals surface area contributed by atoms with Crippen molar-refractivity contribution in [2.24, 2.45) is 5.92 Å². The minimum atomic E-state index is -0.174. The topological polar surface area (TPSA) is 67.4 Å². The fourth-order valence-corrected chi connectivity index (χ4v) is 3.58. The van der Waals surface area contributed by atoms with Crippen LogP contribution in [-0.2, 0) is 6.42 Å². The third kappa shape index (κ3) is 5.09. The minimum absolute atomic E-state index is 0.150. The molecule has 5 heteroatoms. The van der Waals surface area contributed by atoms with E-state index >= 15 is 0 Å². The van der Waals surface area contributed by atoms with Crippen LogP contribution in [0.25, 0.3) is 5.70 Å². The Balaban J connectivity index is 1.91. The van der Waals surface area contributed by atoms with Crippen molar-refractivity contribution in [1.29, 1.82) is 0 Å². The van der Waals surface area contributed by atoms with Gasteiger partial charge in [-0.2, -0.15) is 0 Å². The molecule has 0 atom stereocenters. The molecule has 1 aliphatic rings. The highest BCUT2D eigenvalue weighted by Gasteiger charge is 2.28. The maximum absolute atomic E-state index is 13.0. The van der Waals surface area contributed by atoms with E-state index in [1.807, 2.05) is 26.0 Å². The van der Waals surface area contributed by atoms with E-state index in [0.29, 0.717) is 23.6 Å². The predicted octanol–water partition coefficient (Wildman–Crippen LogP) is 4.23. The minimum Gasteiger partial charge on any atom is -0.497 e. The SMILES string of the molecule is COc1ccc2c(c1)/C(=C/C(=O)c1cccc(C(=O)NCC(C)C)c1)NC(C)(C)C2. The van der Waals surface area contributed by atoms with Crippen LogP contribution in [0.5, 0.6) is 5.75 Å². The second-order valence-corrected chi connectivity index (χ2v) is 8.82. The molecule has 2 aromatic carbocycles. The maximum Gasteiger partial charge on any atom is 0.251 e. The molecule has 5 nitrogen and oxygen atoms in total. The highest BCUT2D eigenvalue weighted by Crippen LogP contribution is 2.32. The number of amides is 1. The van der Waals surface area contributed by atoms with Crippen LogP contribution in [0.15, 0.2) is 48.5 Å². The molecule has 0 saturated heterocycles. The molecule has 1 heterocycles. The van der Waals surface area contributed by atoms with Crippen molar-refractivity contribution in [1.82, 2.24) is 10.6 Å². The van der Waals surface area contributed by atoms with E-state index in [0.717, 1.165) is 23.4 Å². The Bertz CT molecular complexity index is 990. The van der Waals surface area contributed by atoms with Crippen LogP contribution >= 0.6 is 0 Å². The molecular formula is C25H30N2O3. The summed E-state index contributed by atoms with van der Waals surface area (Å²) in [4.78, 5) is 25.4. The van der Waals surface area contributed by atoms with Crippen molar-refractivity contribution in [3.05, 3.63) is 70.8 Å². The highest BCUT2D eigenvalue weighted by atomic mass is 16.5. The first-order valence-electron chi connectivity index (χ1n) is 10.3. The zero-order valence-corrected chi connectivity index (χ0v) is 18.3. The van der Waals surface area contributed by atoms with Crippen molar-refractivity contribution >= 4 is 17.4 Å². The summed E-state index contributed by atoms with van der Waals surface area (Å²) in [6.45, 7) is 8.89. The molecule has 158 valence electrons. The molecule has 1 aliphatic heterocycles. The molecule has 0 bridgehead atoms. The summed E-state index contributed by atoms with van der Waals surface area (Å²) in [6, 6.07) is 12.8. The van der Waals surface area contributed by atoms with Gasteiger partial charge in [0, 0.05) is 40.5 Å². The van der Waals surface area contributed by atoms with Gasteiger partial charge in [-0.25, -0.2) is 0 Å². The van der Waals surface area contributed by atoms with Crippen molar-refractivity contribution in [3.63, 3.8) is 0 Å². The maximum atomic E-state index is 13.0. The standard InChI is InChI=1S/C25H30N2O3/c1-16(2)15-26-24(29)18-8-6-7-17(11-18)23(28)13-22-21-12-20(30-5)10-9-19(21)14-25(3,4)27-22/h6-13,16,27H,14-15H2,1-5H3,(H,26,29)/b22-13-. The first-order chi connectivity index (χ1) is 14.2. The Kier molecular flexibility index (Phi) is 6.30. The zero-order chi connectivity index (χ0) is 21.9. The number of carbonyl (C=O) groups excluding carboxylic acids is 2. The number of hydrogen-bond donors (Lipinski definition) is 2. The number of methoxy groups -OCH3 is 1. The highest BCUT2D eigenvalue weighted by molar-refractivity contribution is 6.10. The predicted molar refractivity (Wildman–Crippen MR) is 120 cm³/mol. The number of fused-ring (bicyclic) bond motifs is 1. The molecular weight excluding hydrogens is 376 g/mol. The van der Waals surface area contributed by atoms with Gasteiger partial charge in [-0.15, -0.1) is 0 Å². The Morgan fingerprint density at radius 1 is 1.17 bits per heavy atom. The summed E-state index contributed by atoms with van der Waals surface area (Å²) in [5, 5.41) is 6.37. The number of nitrogens with one attached hydrogen (secondary N) is 2. The van der Waals surface area contributed by atoms with E-state index in [9.17, 15) is 9.59 Å². The van der Waals surface area contributed by atoms with Gasteiger partial charge in [-0.3, -0.25) is 9.59 Å². The van der Waals surface area contributed by atoms with Crippen LogP contribution in [-0.4, -0.2) is 30.9 Å². The van der Waals surface area contributed by atoms with Crippen LogP contribution in [0.4, 0.5) is 0 Å². The first kappa shape index (κ1) is 21.6. The Hall–Kier alpha value is -3.08. The molecule has 0 radical (unpaired) electrons. The van der Waals surface area contributed by atoms with E-state index in [1.165, 1.54) is 5.56 Å². The van der Waals surface area contributed by atoms with Crippen LogP contribution in [0.1, 0.15) is 59.5 Å². The second-order valence-electron chi connectivity index (χ2n) is 8.82. The zero-order valence-electron chi connectivity index (χ0n) is 18.3. The Labute approximate surface area is 178 Å². The van der Waals surface area contributed by atoms with Crippen LogP contribution < -0.4 is 15.4 Å². The number of hydrogen-bond acceptors (Lipinski definition) is 4. The summed E-state index contributed by atoms with van der Waals surface area (Å²) >= 11 is 0. The average molecular weight is 407 g/mol. The quantitative estimate of drug-likeness (QED) is 0.557. The average Bonchev–Trinajstić information content (AvgIpc) is 2.71. The number of carbonyl (C=O) groups is 2. The largest absolute Gasteiger partial charge is 0.497 e. The molecule has 2 aromatic rings. The van der Waals surface area contributed by atoms with Crippen molar-refractivity contribution in [2.75, 3.05) is 13.7 Å². The van der Waals surface area contributed by atoms with E-state index < -0.39 is 0 Å². The van der Waals surface area contributed by atoms with Gasteiger partial charge in [0.05, 0.1) is 7.11 Å². The van der Waals surface area contributed by atoms with Gasteiger partial charge in [-0.1, -0.05) is 32.0 Å². The van der Waals surface area contributed by atoms with Crippen LogP contribution in [0, 0.1) is 5.92 Å². The summed E-state index contributed by atoms with van der Waals surface area (Å²) < 4.78 is 5.37. The van der Waals surface area contributed by atoms with E-state index in [-0.39, 0.29) is 17.2 Å². The first-order valence-corrected chi connectivity index (χ1v) is 10.3. The molecule has 2 N–H and O–H groups in total. The van der Waals surface area contributed by atoms with E-state index in [1.54, 1.807) is 37.5 Å². The van der Waals surface area contributed by atoms with Crippen molar-refractivity contribution in [3.8, 4) is 5.75 Å². The van der Waals surface area contributed by atoms with E-state index in [4.69, 9.17) is 4.74 Å². The van der Waals surface area contributed by atoms with E-state index in [2.05, 4.69) is 30.5 Å². The lowest BCUT2D eigenvalue weighted by Gasteiger charge is -2.35. The number of allylic oxidation sites excluding steroid dienone is 1. The Morgan fingerprint density at radius 2 is 1.90 bits per heavy atom. The van der Waals surface area contributed by atoms with Gasteiger partial charge < -0.3 is 15.4 Å². The molecule has 0 fully saturated rings. The lowest BCUT2D eigenvalue weighted by atomic mass is 9.85. The normalized spacial score (nSPS) is 16.0. The summed E-state index contributed by atoms with van der Waals surface area (Å²) in [5.74, 6) is 0.791. The lowest BCUT2D eigenvalue weighted by Crippen LogP contribution is -2.43. The summed E-state index contributed by atoms with van der Waals surface area (Å²) in [6.07, 6.45) is 2.47. The molecule has 30 heavy (non-hydrogen) atoms. The Morgan fingerprint density at radius 3 is 2.60 bits per heavy atom. The number of rotatable bonds is 6. The fourth-order valence-electron chi connectivity index (χ4n) is 3.58. The number of ether oxygens (including phenoxy) is 1. The summed E-state index contributed by atoms with van der Waals surface area (Å²) in [7, 11) is 1.63. The smallest absolute Gasteiger partial charge is 0.251 e. The molecule has 0 unspecified atom stereocenters. The van der Waals surface area contributed by atoms with Gasteiger partial charge in [0.1, 0.15) is 5.75 Å². The van der Waals surface area contributed by atoms with Crippen molar-refractivity contribution < 1.29 is 14.3 Å². The monoisotopic (exact) mass is 406 g/mol. The third-order valence-corrected chi connectivity index (χ3v) is 5.07. The van der Waals surface area contributed by atoms with Gasteiger partial charge in [-0.05, 0) is 56.0 Å². The third-order valence-electron chi connectivity index (χ3n) is 5.07. The molecule has 1 amide bonds. The molecule has 0 saturated carbocycles.